The predicted octanol–water partition coefficient (Wildman–Crippen LogP) is 5.03. The minimum atomic E-state index is 0.643. The van der Waals surface area contributed by atoms with Gasteiger partial charge in [-0.15, -0.1) is 0 Å². The molecule has 14 heavy (non-hydrogen) atoms. The summed E-state index contributed by atoms with van der Waals surface area (Å²) in [5.74, 6) is 0. The first-order chi connectivity index (χ1) is 6.37. The number of rotatable bonds is 0. The van der Waals surface area contributed by atoms with E-state index in [0.29, 0.717) is 10.8 Å². The van der Waals surface area contributed by atoms with Crippen molar-refractivity contribution in [3.05, 3.63) is 0 Å². The molecule has 0 heterocycles. The molecule has 0 atom stereocenters. The smallest absolute Gasteiger partial charge is 0.0240 e. The molecule has 1 spiro atoms. The summed E-state index contributed by atoms with van der Waals surface area (Å²) in [6.45, 7) is 13.8. The molecule has 0 amide bonds. The second-order valence-electron chi connectivity index (χ2n) is 6.51. The summed E-state index contributed by atoms with van der Waals surface area (Å²) in [6.07, 6.45) is 7.39. The van der Waals surface area contributed by atoms with Crippen LogP contribution in [0.5, 0.6) is 0 Å². The Morgan fingerprint density at radius 3 is 1.36 bits per heavy atom. The highest BCUT2D eigenvalue weighted by molar-refractivity contribution is 5.11. The third-order valence-corrected chi connectivity index (χ3v) is 4.65. The molecule has 2 aliphatic rings. The van der Waals surface area contributed by atoms with E-state index in [9.17, 15) is 0 Å². The molecule has 84 valence electrons. The first-order valence-corrected chi connectivity index (χ1v) is 6.37. The molecule has 2 rings (SSSR count). The third-order valence-electron chi connectivity index (χ3n) is 4.65. The van der Waals surface area contributed by atoms with Gasteiger partial charge in [-0.25, -0.2) is 0 Å². The van der Waals surface area contributed by atoms with Crippen molar-refractivity contribution >= 4 is 0 Å². The molecule has 0 heteroatoms. The molecule has 0 aliphatic heterocycles. The molecule has 0 bridgehead atoms. The zero-order valence-corrected chi connectivity index (χ0v) is 11.0. The summed E-state index contributed by atoms with van der Waals surface area (Å²) in [5.41, 5.74) is 2.11. The van der Waals surface area contributed by atoms with E-state index in [1.165, 1.54) is 32.1 Å². The quantitative estimate of drug-likeness (QED) is 0.510. The topological polar surface area (TPSA) is 0 Å². The Labute approximate surface area is 90.5 Å². The van der Waals surface area contributed by atoms with Gasteiger partial charge in [-0.1, -0.05) is 41.5 Å². The zero-order chi connectivity index (χ0) is 11.0. The van der Waals surface area contributed by atoms with Crippen LogP contribution in [0.25, 0.3) is 0 Å². The lowest BCUT2D eigenvalue weighted by molar-refractivity contribution is 0.152. The van der Waals surface area contributed by atoms with E-state index in [2.05, 4.69) is 27.7 Å². The van der Waals surface area contributed by atoms with Gasteiger partial charge in [0.05, 0.1) is 0 Å². The van der Waals surface area contributed by atoms with Crippen molar-refractivity contribution in [1.82, 2.24) is 0 Å². The molecule has 2 aliphatic carbocycles. The molecular weight excluding hydrogens is 168 g/mol. The fourth-order valence-electron chi connectivity index (χ4n) is 3.06. The second kappa shape index (κ2) is 3.54. The van der Waals surface area contributed by atoms with Crippen LogP contribution in [0.2, 0.25) is 0 Å². The maximum absolute atomic E-state index is 2.45. The molecule has 0 aromatic carbocycles. The zero-order valence-electron chi connectivity index (χ0n) is 11.0. The highest BCUT2D eigenvalue weighted by atomic mass is 14.7. The van der Waals surface area contributed by atoms with E-state index in [0.717, 1.165) is 5.41 Å². The van der Waals surface area contributed by atoms with Gasteiger partial charge in [0.1, 0.15) is 0 Å². The van der Waals surface area contributed by atoms with Gasteiger partial charge < -0.3 is 0 Å². The van der Waals surface area contributed by atoms with E-state index in [-0.39, 0.29) is 0 Å². The Morgan fingerprint density at radius 2 is 1.07 bits per heavy atom. The number of hydrogen-bond donors (Lipinski definition) is 0. The summed E-state index contributed by atoms with van der Waals surface area (Å²) in [4.78, 5) is 0. The summed E-state index contributed by atoms with van der Waals surface area (Å²) < 4.78 is 0. The van der Waals surface area contributed by atoms with Crippen LogP contribution in [0.3, 0.4) is 0 Å². The molecule has 0 unspecified atom stereocenters. The summed E-state index contributed by atoms with van der Waals surface area (Å²) in [5, 5.41) is 0. The van der Waals surface area contributed by atoms with Crippen LogP contribution < -0.4 is 0 Å². The van der Waals surface area contributed by atoms with Gasteiger partial charge in [0.25, 0.3) is 0 Å². The lowest BCUT2D eigenvalue weighted by Crippen LogP contribution is -2.24. The molecule has 2 fully saturated rings. The van der Waals surface area contributed by atoms with Crippen molar-refractivity contribution in [2.45, 2.75) is 73.6 Å². The fraction of sp³-hybridized carbons (Fsp3) is 1.00. The molecule has 0 nitrogen and oxygen atoms in total. The van der Waals surface area contributed by atoms with Crippen molar-refractivity contribution in [2.24, 2.45) is 16.2 Å². The van der Waals surface area contributed by atoms with Crippen molar-refractivity contribution in [2.75, 3.05) is 0 Å². The average molecular weight is 196 g/mol. The first kappa shape index (κ1) is 12.1. The van der Waals surface area contributed by atoms with Gasteiger partial charge in [-0.2, -0.15) is 0 Å². The maximum Gasteiger partial charge on any atom is -0.0240 e. The second-order valence-corrected chi connectivity index (χ2v) is 6.51. The van der Waals surface area contributed by atoms with E-state index in [1.807, 2.05) is 13.8 Å². The molecular formula is C14H28. The minimum Gasteiger partial charge on any atom is -0.0683 e. The van der Waals surface area contributed by atoms with Gasteiger partial charge in [-0.3, -0.25) is 0 Å². The Hall–Kier alpha value is 0. The van der Waals surface area contributed by atoms with Crippen LogP contribution in [0.4, 0.5) is 0 Å². The summed E-state index contributed by atoms with van der Waals surface area (Å²) in [7, 11) is 0. The Kier molecular flexibility index (Phi) is 3.05. The van der Waals surface area contributed by atoms with Crippen molar-refractivity contribution < 1.29 is 0 Å². The summed E-state index contributed by atoms with van der Waals surface area (Å²) >= 11 is 0. The Balaban J connectivity index is 0.000000461. The molecule has 0 N–H and O–H groups in total. The SMILES string of the molecule is CC.CC1(C)CCC2(CC1)CC2(C)C. The van der Waals surface area contributed by atoms with E-state index in [1.54, 1.807) is 0 Å². The van der Waals surface area contributed by atoms with Crippen molar-refractivity contribution in [1.29, 1.82) is 0 Å². The molecule has 0 radical (unpaired) electrons. The standard InChI is InChI=1S/C12H22.C2H6/c1-10(2)5-7-12(8-6-10)9-11(12,3)4;1-2/h5-9H2,1-4H3;1-2H3. The van der Waals surface area contributed by atoms with Crippen molar-refractivity contribution in [3.63, 3.8) is 0 Å². The fourth-order valence-corrected chi connectivity index (χ4v) is 3.06. The number of hydrogen-bond acceptors (Lipinski definition) is 0. The summed E-state index contributed by atoms with van der Waals surface area (Å²) in [6, 6.07) is 0. The minimum absolute atomic E-state index is 0.643. The van der Waals surface area contributed by atoms with E-state index < -0.39 is 0 Å². The molecule has 0 aromatic heterocycles. The van der Waals surface area contributed by atoms with Gasteiger partial charge in [0, 0.05) is 0 Å². The lowest BCUT2D eigenvalue weighted by atomic mass is 9.69. The van der Waals surface area contributed by atoms with Crippen molar-refractivity contribution in [3.8, 4) is 0 Å². The van der Waals surface area contributed by atoms with E-state index >= 15 is 0 Å². The predicted molar refractivity (Wildman–Crippen MR) is 64.4 cm³/mol. The van der Waals surface area contributed by atoms with Crippen LogP contribution in [-0.4, -0.2) is 0 Å². The van der Waals surface area contributed by atoms with Gasteiger partial charge >= 0.3 is 0 Å². The highest BCUT2D eigenvalue weighted by Crippen LogP contribution is 2.71. The lowest BCUT2D eigenvalue weighted by Gasteiger charge is -2.36. The van der Waals surface area contributed by atoms with Gasteiger partial charge in [0.2, 0.25) is 0 Å². The third kappa shape index (κ3) is 1.99. The van der Waals surface area contributed by atoms with Gasteiger partial charge in [0.15, 0.2) is 0 Å². The van der Waals surface area contributed by atoms with Crippen LogP contribution in [-0.2, 0) is 0 Å². The largest absolute Gasteiger partial charge is 0.0683 e. The van der Waals surface area contributed by atoms with Crippen LogP contribution in [0, 0.1) is 16.2 Å². The first-order valence-electron chi connectivity index (χ1n) is 6.37. The normalized spacial score (nSPS) is 30.4. The maximum atomic E-state index is 2.45. The molecule has 2 saturated carbocycles. The van der Waals surface area contributed by atoms with Crippen LogP contribution in [0.15, 0.2) is 0 Å². The Bertz CT molecular complexity index is 188. The molecule has 0 saturated heterocycles. The average Bonchev–Trinajstić information content (AvgIpc) is 2.65. The molecule has 0 aromatic rings. The van der Waals surface area contributed by atoms with Crippen LogP contribution in [0.1, 0.15) is 73.6 Å². The monoisotopic (exact) mass is 196 g/mol. The highest BCUT2D eigenvalue weighted by Gasteiger charge is 2.61. The van der Waals surface area contributed by atoms with E-state index in [4.69, 9.17) is 0 Å². The van der Waals surface area contributed by atoms with Gasteiger partial charge in [-0.05, 0) is 48.3 Å². The Morgan fingerprint density at radius 1 is 0.714 bits per heavy atom. The van der Waals surface area contributed by atoms with Crippen LogP contribution >= 0.6 is 0 Å².